The van der Waals surface area contributed by atoms with Crippen molar-refractivity contribution in [3.63, 3.8) is 0 Å². The molecule has 0 aliphatic heterocycles. The lowest BCUT2D eigenvalue weighted by Gasteiger charge is -2.14. The number of aromatic nitrogens is 2. The van der Waals surface area contributed by atoms with Gasteiger partial charge in [-0.3, -0.25) is 4.79 Å². The van der Waals surface area contributed by atoms with Crippen molar-refractivity contribution in [3.8, 4) is 5.69 Å². The van der Waals surface area contributed by atoms with Gasteiger partial charge in [0, 0.05) is 16.5 Å². The molecule has 28 heavy (non-hydrogen) atoms. The van der Waals surface area contributed by atoms with Crippen molar-refractivity contribution < 1.29 is 9.18 Å². The average Bonchev–Trinajstić information content (AvgIpc) is 3.03. The molecule has 0 saturated carbocycles. The summed E-state index contributed by atoms with van der Waals surface area (Å²) in [6.07, 6.45) is 0. The first-order chi connectivity index (χ1) is 13.1. The molecule has 1 amide bonds. The Morgan fingerprint density at radius 2 is 1.79 bits per heavy atom. The largest absolute Gasteiger partial charge is 0.306 e. The summed E-state index contributed by atoms with van der Waals surface area (Å²) in [5, 5.41) is 8.01. The van der Waals surface area contributed by atoms with Crippen LogP contribution in [-0.4, -0.2) is 15.7 Å². The van der Waals surface area contributed by atoms with Gasteiger partial charge in [0.15, 0.2) is 5.82 Å². The Morgan fingerprint density at radius 3 is 2.46 bits per heavy atom. The molecule has 3 aromatic rings. The first kappa shape index (κ1) is 20.6. The molecule has 0 atom stereocenters. The molecule has 0 unspecified atom stereocenters. The van der Waals surface area contributed by atoms with Gasteiger partial charge >= 0.3 is 0 Å². The minimum Gasteiger partial charge on any atom is -0.306 e. The van der Waals surface area contributed by atoms with E-state index in [2.05, 4.69) is 10.4 Å². The highest BCUT2D eigenvalue weighted by molar-refractivity contribution is 6.34. The van der Waals surface area contributed by atoms with Crippen LogP contribution in [0.4, 0.5) is 10.2 Å². The Bertz CT molecular complexity index is 1060. The maximum Gasteiger partial charge on any atom is 0.259 e. The third-order valence-corrected chi connectivity index (χ3v) is 4.90. The zero-order chi connectivity index (χ0) is 20.6. The van der Waals surface area contributed by atoms with Gasteiger partial charge in [-0.15, -0.1) is 0 Å². The van der Waals surface area contributed by atoms with E-state index in [9.17, 15) is 9.18 Å². The Kier molecular flexibility index (Phi) is 5.71. The number of carbonyl (C=O) groups excluding carboxylic acids is 1. The summed E-state index contributed by atoms with van der Waals surface area (Å²) >= 11 is 18.2. The van der Waals surface area contributed by atoms with Gasteiger partial charge in [-0.25, -0.2) is 9.07 Å². The maximum atomic E-state index is 14.2. The van der Waals surface area contributed by atoms with E-state index in [1.54, 1.807) is 24.3 Å². The Labute approximate surface area is 177 Å². The quantitative estimate of drug-likeness (QED) is 0.504. The van der Waals surface area contributed by atoms with E-state index < -0.39 is 11.7 Å². The van der Waals surface area contributed by atoms with Crippen LogP contribution >= 0.6 is 34.8 Å². The van der Waals surface area contributed by atoms with Crippen molar-refractivity contribution >= 4 is 46.5 Å². The fraction of sp³-hybridized carbons (Fsp3) is 0.200. The minimum absolute atomic E-state index is 0.130. The lowest BCUT2D eigenvalue weighted by molar-refractivity contribution is 0.102. The van der Waals surface area contributed by atoms with Gasteiger partial charge in [0.05, 0.1) is 27.0 Å². The van der Waals surface area contributed by atoms with Gasteiger partial charge < -0.3 is 5.32 Å². The summed E-state index contributed by atoms with van der Waals surface area (Å²) in [6, 6.07) is 10.9. The summed E-state index contributed by atoms with van der Waals surface area (Å²) in [7, 11) is 0. The zero-order valence-electron chi connectivity index (χ0n) is 15.4. The van der Waals surface area contributed by atoms with E-state index in [1.807, 2.05) is 20.8 Å². The van der Waals surface area contributed by atoms with E-state index in [4.69, 9.17) is 34.8 Å². The van der Waals surface area contributed by atoms with Crippen molar-refractivity contribution in [3.05, 3.63) is 74.6 Å². The normalized spacial score (nSPS) is 11.5. The SMILES string of the molecule is CC(C)(C)c1cc(NC(=O)c2cccc(Cl)c2F)n(-c2cc(Cl)ccc2Cl)n1. The van der Waals surface area contributed by atoms with E-state index in [-0.39, 0.29) is 16.0 Å². The molecule has 0 bridgehead atoms. The number of carbonyl (C=O) groups is 1. The van der Waals surface area contributed by atoms with Gasteiger partial charge in [0.25, 0.3) is 5.91 Å². The van der Waals surface area contributed by atoms with E-state index in [1.165, 1.54) is 22.9 Å². The third-order valence-electron chi connectivity index (χ3n) is 4.05. The molecular weight excluding hydrogens is 424 g/mol. The first-order valence-corrected chi connectivity index (χ1v) is 9.52. The predicted molar refractivity (Wildman–Crippen MR) is 112 cm³/mol. The summed E-state index contributed by atoms with van der Waals surface area (Å²) in [5.41, 5.74) is 0.739. The highest BCUT2D eigenvalue weighted by Crippen LogP contribution is 2.31. The molecule has 146 valence electrons. The molecule has 1 aromatic heterocycles. The molecule has 0 fully saturated rings. The van der Waals surface area contributed by atoms with Crippen molar-refractivity contribution in [1.29, 1.82) is 0 Å². The van der Waals surface area contributed by atoms with Crippen LogP contribution in [0, 0.1) is 5.82 Å². The fourth-order valence-electron chi connectivity index (χ4n) is 2.53. The highest BCUT2D eigenvalue weighted by Gasteiger charge is 2.23. The summed E-state index contributed by atoms with van der Waals surface area (Å²) in [6.45, 7) is 5.96. The number of hydrogen-bond acceptors (Lipinski definition) is 2. The molecule has 3 rings (SSSR count). The van der Waals surface area contributed by atoms with Crippen molar-refractivity contribution in [2.24, 2.45) is 0 Å². The third kappa shape index (κ3) is 4.17. The van der Waals surface area contributed by atoms with Crippen LogP contribution in [0.1, 0.15) is 36.8 Å². The van der Waals surface area contributed by atoms with Crippen LogP contribution in [0.25, 0.3) is 5.69 Å². The number of nitrogens with zero attached hydrogens (tertiary/aromatic N) is 2. The highest BCUT2D eigenvalue weighted by atomic mass is 35.5. The molecule has 0 saturated heterocycles. The van der Waals surface area contributed by atoms with Crippen LogP contribution in [0.3, 0.4) is 0 Å². The predicted octanol–water partition coefficient (Wildman–Crippen LogP) is 6.52. The topological polar surface area (TPSA) is 46.9 Å². The molecule has 0 aliphatic carbocycles. The molecule has 4 nitrogen and oxygen atoms in total. The summed E-state index contributed by atoms with van der Waals surface area (Å²) in [5.74, 6) is -1.11. The molecule has 1 heterocycles. The molecule has 0 aliphatic rings. The van der Waals surface area contributed by atoms with Gasteiger partial charge in [-0.05, 0) is 30.3 Å². The van der Waals surface area contributed by atoms with Crippen molar-refractivity contribution in [2.75, 3.05) is 5.32 Å². The van der Waals surface area contributed by atoms with Crippen LogP contribution in [-0.2, 0) is 5.41 Å². The monoisotopic (exact) mass is 439 g/mol. The molecular formula is C20H17Cl3FN3O. The lowest BCUT2D eigenvalue weighted by atomic mass is 9.92. The molecule has 8 heteroatoms. The maximum absolute atomic E-state index is 14.2. The minimum atomic E-state index is -0.787. The number of rotatable bonds is 3. The Balaban J connectivity index is 2.09. The Hall–Kier alpha value is -2.08. The standard InChI is InChI=1S/C20H17Cl3FN3O/c1-20(2,3)16-10-17(25-19(28)12-5-4-6-14(23)18(12)24)27(26-16)15-9-11(21)7-8-13(15)22/h4-10H,1-3H3,(H,25,28). The van der Waals surface area contributed by atoms with Crippen molar-refractivity contribution in [1.82, 2.24) is 9.78 Å². The van der Waals surface area contributed by atoms with Gasteiger partial charge in [-0.2, -0.15) is 5.10 Å². The van der Waals surface area contributed by atoms with Crippen LogP contribution in [0.5, 0.6) is 0 Å². The lowest BCUT2D eigenvalue weighted by Crippen LogP contribution is -2.17. The average molecular weight is 441 g/mol. The second-order valence-electron chi connectivity index (χ2n) is 7.23. The number of anilines is 1. The smallest absolute Gasteiger partial charge is 0.259 e. The summed E-state index contributed by atoms with van der Waals surface area (Å²) in [4.78, 5) is 12.7. The van der Waals surface area contributed by atoms with Gasteiger partial charge in [-0.1, -0.05) is 61.6 Å². The molecule has 0 radical (unpaired) electrons. The summed E-state index contributed by atoms with van der Waals surface area (Å²) < 4.78 is 15.7. The van der Waals surface area contributed by atoms with Gasteiger partial charge in [0.2, 0.25) is 0 Å². The molecule has 2 aromatic carbocycles. The zero-order valence-corrected chi connectivity index (χ0v) is 17.6. The fourth-order valence-corrected chi connectivity index (χ4v) is 3.07. The van der Waals surface area contributed by atoms with Crippen LogP contribution < -0.4 is 5.32 Å². The number of amides is 1. The molecule has 1 N–H and O–H groups in total. The Morgan fingerprint density at radius 1 is 1.07 bits per heavy atom. The van der Waals surface area contributed by atoms with Crippen molar-refractivity contribution in [2.45, 2.75) is 26.2 Å². The number of nitrogens with one attached hydrogen (secondary N) is 1. The first-order valence-electron chi connectivity index (χ1n) is 8.39. The number of halogens is 4. The van der Waals surface area contributed by atoms with Crippen LogP contribution in [0.15, 0.2) is 42.5 Å². The molecule has 0 spiro atoms. The van der Waals surface area contributed by atoms with E-state index in [0.717, 1.165) is 0 Å². The van der Waals surface area contributed by atoms with Gasteiger partial charge in [0.1, 0.15) is 5.82 Å². The van der Waals surface area contributed by atoms with Crippen LogP contribution in [0.2, 0.25) is 15.1 Å². The second kappa shape index (κ2) is 7.74. The number of benzene rings is 2. The van der Waals surface area contributed by atoms with E-state index >= 15 is 0 Å². The number of hydrogen-bond donors (Lipinski definition) is 1. The second-order valence-corrected chi connectivity index (χ2v) is 8.48. The van der Waals surface area contributed by atoms with E-state index in [0.29, 0.717) is 27.2 Å².